The fourth-order valence-electron chi connectivity index (χ4n) is 1.000. The molecule has 1 aromatic heterocycles. The van der Waals surface area contributed by atoms with Crippen molar-refractivity contribution in [2.24, 2.45) is 0 Å². The van der Waals surface area contributed by atoms with E-state index in [1.165, 1.54) is 0 Å². The van der Waals surface area contributed by atoms with Crippen molar-refractivity contribution in [2.45, 2.75) is 6.36 Å². The SMILES string of the molecule is COc1c(OC(F)(F)F)cc(C=O)[nH]c1=O. The fraction of sp³-hybridized carbons (Fsp3) is 0.250. The molecule has 0 bridgehead atoms. The maximum atomic E-state index is 11.9. The van der Waals surface area contributed by atoms with Gasteiger partial charge in [0.25, 0.3) is 5.56 Å². The van der Waals surface area contributed by atoms with Crippen molar-refractivity contribution in [3.8, 4) is 11.5 Å². The minimum Gasteiger partial charge on any atom is -0.488 e. The van der Waals surface area contributed by atoms with Gasteiger partial charge in [-0.25, -0.2) is 0 Å². The van der Waals surface area contributed by atoms with Crippen LogP contribution in [0.3, 0.4) is 0 Å². The molecule has 1 heterocycles. The molecule has 1 rings (SSSR count). The van der Waals surface area contributed by atoms with Crippen molar-refractivity contribution in [2.75, 3.05) is 7.11 Å². The normalized spacial score (nSPS) is 11.0. The molecule has 8 heteroatoms. The number of rotatable bonds is 3. The molecule has 0 radical (unpaired) electrons. The highest BCUT2D eigenvalue weighted by Crippen LogP contribution is 2.28. The Bertz CT molecular complexity index is 452. The molecule has 0 aliphatic heterocycles. The van der Waals surface area contributed by atoms with Crippen LogP contribution in [0.4, 0.5) is 13.2 Å². The van der Waals surface area contributed by atoms with Crippen LogP contribution < -0.4 is 15.0 Å². The van der Waals surface area contributed by atoms with E-state index >= 15 is 0 Å². The zero-order valence-corrected chi connectivity index (χ0v) is 7.92. The van der Waals surface area contributed by atoms with Gasteiger partial charge in [0, 0.05) is 6.07 Å². The van der Waals surface area contributed by atoms with E-state index < -0.39 is 23.4 Å². The summed E-state index contributed by atoms with van der Waals surface area (Å²) in [5, 5.41) is 0. The van der Waals surface area contributed by atoms with Gasteiger partial charge in [-0.15, -0.1) is 13.2 Å². The van der Waals surface area contributed by atoms with E-state index in [0.29, 0.717) is 0 Å². The monoisotopic (exact) mass is 237 g/mol. The molecular weight excluding hydrogens is 231 g/mol. The third-order valence-electron chi connectivity index (χ3n) is 1.53. The molecule has 1 N–H and O–H groups in total. The Morgan fingerprint density at radius 3 is 2.50 bits per heavy atom. The van der Waals surface area contributed by atoms with Gasteiger partial charge in [-0.3, -0.25) is 9.59 Å². The number of hydrogen-bond donors (Lipinski definition) is 1. The van der Waals surface area contributed by atoms with E-state index in [4.69, 9.17) is 0 Å². The zero-order valence-electron chi connectivity index (χ0n) is 7.92. The van der Waals surface area contributed by atoms with Gasteiger partial charge in [0.2, 0.25) is 5.75 Å². The topological polar surface area (TPSA) is 68.4 Å². The van der Waals surface area contributed by atoms with Gasteiger partial charge in [0.1, 0.15) is 0 Å². The predicted molar refractivity (Wildman–Crippen MR) is 45.7 cm³/mol. The van der Waals surface area contributed by atoms with E-state index in [1.807, 2.05) is 4.98 Å². The van der Waals surface area contributed by atoms with Gasteiger partial charge in [-0.1, -0.05) is 0 Å². The summed E-state index contributed by atoms with van der Waals surface area (Å²) in [5.74, 6) is -1.51. The van der Waals surface area contributed by atoms with Crippen LogP contribution in [-0.4, -0.2) is 24.7 Å². The van der Waals surface area contributed by atoms with Crippen LogP contribution in [0.15, 0.2) is 10.9 Å². The van der Waals surface area contributed by atoms with Crippen molar-refractivity contribution in [3.05, 3.63) is 22.1 Å². The van der Waals surface area contributed by atoms with E-state index in [9.17, 15) is 22.8 Å². The second-order valence-corrected chi connectivity index (χ2v) is 2.62. The van der Waals surface area contributed by atoms with Crippen molar-refractivity contribution in [3.63, 3.8) is 0 Å². The van der Waals surface area contributed by atoms with Crippen molar-refractivity contribution >= 4 is 6.29 Å². The second-order valence-electron chi connectivity index (χ2n) is 2.62. The number of pyridine rings is 1. The molecule has 0 spiro atoms. The fourth-order valence-corrected chi connectivity index (χ4v) is 1.000. The first kappa shape index (κ1) is 12.1. The van der Waals surface area contributed by atoms with Crippen LogP contribution in [0.5, 0.6) is 11.5 Å². The number of ether oxygens (including phenoxy) is 2. The lowest BCUT2D eigenvalue weighted by Crippen LogP contribution is -2.21. The Morgan fingerprint density at radius 2 is 2.06 bits per heavy atom. The third kappa shape index (κ3) is 2.75. The summed E-state index contributed by atoms with van der Waals surface area (Å²) in [6.45, 7) is 0. The first-order valence-electron chi connectivity index (χ1n) is 3.89. The molecule has 0 unspecified atom stereocenters. The molecule has 0 aliphatic rings. The maximum absolute atomic E-state index is 11.9. The number of hydrogen-bond acceptors (Lipinski definition) is 4. The lowest BCUT2D eigenvalue weighted by molar-refractivity contribution is -0.275. The Balaban J connectivity index is 3.29. The lowest BCUT2D eigenvalue weighted by atomic mass is 10.3. The van der Waals surface area contributed by atoms with Crippen LogP contribution in [-0.2, 0) is 0 Å². The standard InChI is InChI=1S/C8H6F3NO4/c1-15-6-5(16-8(9,10)11)2-4(3-13)12-7(6)14/h2-3H,1H3,(H,12,14). The second kappa shape index (κ2) is 4.25. The van der Waals surface area contributed by atoms with E-state index in [2.05, 4.69) is 9.47 Å². The quantitative estimate of drug-likeness (QED) is 0.799. The number of carbonyl (C=O) groups excluding carboxylic acids is 1. The predicted octanol–water partition coefficient (Wildman–Crippen LogP) is 1.09. The summed E-state index contributed by atoms with van der Waals surface area (Å²) < 4.78 is 43.8. The van der Waals surface area contributed by atoms with Crippen LogP contribution >= 0.6 is 0 Å². The largest absolute Gasteiger partial charge is 0.573 e. The number of halogens is 3. The molecule has 16 heavy (non-hydrogen) atoms. The minimum absolute atomic E-state index is 0.185. The van der Waals surface area contributed by atoms with Gasteiger partial charge < -0.3 is 14.5 Å². The molecule has 0 fully saturated rings. The van der Waals surface area contributed by atoms with Crippen molar-refractivity contribution in [1.29, 1.82) is 0 Å². The summed E-state index contributed by atoms with van der Waals surface area (Å²) >= 11 is 0. The van der Waals surface area contributed by atoms with E-state index in [-0.39, 0.29) is 12.0 Å². The highest BCUT2D eigenvalue weighted by molar-refractivity contribution is 5.73. The first-order valence-corrected chi connectivity index (χ1v) is 3.89. The zero-order chi connectivity index (χ0) is 12.3. The van der Waals surface area contributed by atoms with Crippen molar-refractivity contribution < 1.29 is 27.4 Å². The van der Waals surface area contributed by atoms with E-state index in [0.717, 1.165) is 13.2 Å². The summed E-state index contributed by atoms with van der Waals surface area (Å²) in [6, 6.07) is 0.723. The number of aldehydes is 1. The third-order valence-corrected chi connectivity index (χ3v) is 1.53. The molecule has 1 aromatic rings. The van der Waals surface area contributed by atoms with Crippen LogP contribution in [0.25, 0.3) is 0 Å². The lowest BCUT2D eigenvalue weighted by Gasteiger charge is -2.11. The Kier molecular flexibility index (Phi) is 3.21. The number of nitrogens with one attached hydrogen (secondary N) is 1. The first-order chi connectivity index (χ1) is 7.37. The molecule has 0 atom stereocenters. The summed E-state index contributed by atoms with van der Waals surface area (Å²) in [6.07, 6.45) is -4.79. The number of H-pyrrole nitrogens is 1. The van der Waals surface area contributed by atoms with Gasteiger partial charge in [-0.2, -0.15) is 0 Å². The average molecular weight is 237 g/mol. The Morgan fingerprint density at radius 1 is 1.44 bits per heavy atom. The minimum atomic E-state index is -4.97. The number of aromatic nitrogens is 1. The molecule has 0 saturated carbocycles. The molecule has 88 valence electrons. The van der Waals surface area contributed by atoms with Crippen LogP contribution in [0.1, 0.15) is 10.5 Å². The van der Waals surface area contributed by atoms with Gasteiger partial charge in [-0.05, 0) is 0 Å². The number of methoxy groups -OCH3 is 1. The molecule has 5 nitrogen and oxygen atoms in total. The molecule has 0 aromatic carbocycles. The highest BCUT2D eigenvalue weighted by atomic mass is 19.4. The molecule has 0 saturated heterocycles. The summed E-state index contributed by atoms with van der Waals surface area (Å²) in [7, 11) is 1.01. The Labute approximate surface area is 86.8 Å². The summed E-state index contributed by atoms with van der Waals surface area (Å²) in [5.41, 5.74) is -1.32. The number of carbonyl (C=O) groups is 1. The van der Waals surface area contributed by atoms with Gasteiger partial charge in [0.05, 0.1) is 12.8 Å². The summed E-state index contributed by atoms with van der Waals surface area (Å²) in [4.78, 5) is 23.5. The van der Waals surface area contributed by atoms with Crippen LogP contribution in [0, 0.1) is 0 Å². The molecular formula is C8H6F3NO4. The molecule has 0 amide bonds. The molecule has 0 aliphatic carbocycles. The van der Waals surface area contributed by atoms with Crippen molar-refractivity contribution in [1.82, 2.24) is 4.98 Å². The maximum Gasteiger partial charge on any atom is 0.573 e. The van der Waals surface area contributed by atoms with Gasteiger partial charge >= 0.3 is 6.36 Å². The van der Waals surface area contributed by atoms with E-state index in [1.54, 1.807) is 0 Å². The Hall–Kier alpha value is -1.99. The smallest absolute Gasteiger partial charge is 0.488 e. The average Bonchev–Trinajstić information content (AvgIpc) is 2.14. The highest BCUT2D eigenvalue weighted by Gasteiger charge is 2.33. The number of aromatic amines is 1. The number of alkyl halides is 3. The van der Waals surface area contributed by atoms with Crippen LogP contribution in [0.2, 0.25) is 0 Å². The van der Waals surface area contributed by atoms with Gasteiger partial charge in [0.15, 0.2) is 12.0 Å².